The first kappa shape index (κ1) is 45.2. The summed E-state index contributed by atoms with van der Waals surface area (Å²) in [5, 5.41) is 0. The molecule has 4 aromatic carbocycles. The minimum atomic E-state index is 0.957. The van der Waals surface area contributed by atoms with Gasteiger partial charge in [-0.25, -0.2) is 0 Å². The lowest BCUT2D eigenvalue weighted by atomic mass is 9.97. The van der Waals surface area contributed by atoms with Crippen molar-refractivity contribution in [3.05, 3.63) is 129 Å². The summed E-state index contributed by atoms with van der Waals surface area (Å²) >= 11 is 0. The molecule has 2 heteroatoms. The minimum Gasteiger partial charge on any atom is -0.399 e. The molecule has 0 aliphatic rings. The molecule has 4 aromatic rings. The lowest BCUT2D eigenvalue weighted by molar-refractivity contribution is 0.540. The van der Waals surface area contributed by atoms with Gasteiger partial charge in [-0.2, -0.15) is 0 Å². The van der Waals surface area contributed by atoms with Crippen molar-refractivity contribution in [2.75, 3.05) is 11.5 Å². The summed E-state index contributed by atoms with van der Waals surface area (Å²) in [4.78, 5) is 0. The highest BCUT2D eigenvalue weighted by Crippen LogP contribution is 2.23. The average molecular weight is 757 g/mol. The number of hydrogen-bond acceptors (Lipinski definition) is 2. The Morgan fingerprint density at radius 2 is 0.554 bits per heavy atom. The van der Waals surface area contributed by atoms with E-state index in [0.717, 1.165) is 37.1 Å². The Kier molecular flexibility index (Phi) is 22.6. The highest BCUT2D eigenvalue weighted by Gasteiger charge is 2.06. The van der Waals surface area contributed by atoms with E-state index in [1.54, 1.807) is 0 Å². The molecule has 2 nitrogen and oxygen atoms in total. The number of benzene rings is 4. The standard InChI is InChI=1S/C54H80N2/c1-3-5-7-17-23-27-51-43-49(37-39-53(51)55)41-47-33-29-45(30-34-47)25-21-19-15-13-11-9-10-12-14-16-20-22-26-46-31-35-48(36-32-46)42-50-38-40-54(56)52(44-50)28-24-18-8-6-4-2/h29-40,43-44H,3-28,41-42,55-56H2,1-2H3. The fourth-order valence-corrected chi connectivity index (χ4v) is 8.35. The maximum absolute atomic E-state index is 6.31. The molecule has 306 valence electrons. The molecule has 0 saturated carbocycles. The van der Waals surface area contributed by atoms with Gasteiger partial charge >= 0.3 is 0 Å². The van der Waals surface area contributed by atoms with Crippen LogP contribution in [0, 0.1) is 0 Å². The van der Waals surface area contributed by atoms with Crippen molar-refractivity contribution in [3.63, 3.8) is 0 Å². The molecular weight excluding hydrogens is 677 g/mol. The van der Waals surface area contributed by atoms with E-state index in [1.165, 1.54) is 199 Å². The first-order valence-electron chi connectivity index (χ1n) is 23.4. The van der Waals surface area contributed by atoms with E-state index in [1.807, 2.05) is 0 Å². The second kappa shape index (κ2) is 28.0. The summed E-state index contributed by atoms with van der Waals surface area (Å²) in [6, 6.07) is 32.1. The normalized spacial score (nSPS) is 11.4. The topological polar surface area (TPSA) is 52.0 Å². The number of nitrogens with two attached hydrogens (primary N) is 2. The summed E-state index contributed by atoms with van der Waals surface area (Å²) in [5.74, 6) is 0. The Hall–Kier alpha value is -3.52. The molecule has 4 N–H and O–H groups in total. The molecule has 56 heavy (non-hydrogen) atoms. The molecule has 4 rings (SSSR count). The predicted molar refractivity (Wildman–Crippen MR) is 248 cm³/mol. The third-order valence-corrected chi connectivity index (χ3v) is 12.1. The van der Waals surface area contributed by atoms with Crippen LogP contribution in [0.5, 0.6) is 0 Å². The van der Waals surface area contributed by atoms with E-state index in [9.17, 15) is 0 Å². The molecule has 0 atom stereocenters. The van der Waals surface area contributed by atoms with Gasteiger partial charge in [0.15, 0.2) is 0 Å². The van der Waals surface area contributed by atoms with Gasteiger partial charge in [0, 0.05) is 11.4 Å². The fourth-order valence-electron chi connectivity index (χ4n) is 8.35. The zero-order valence-electron chi connectivity index (χ0n) is 36.0. The van der Waals surface area contributed by atoms with Crippen LogP contribution >= 0.6 is 0 Å². The van der Waals surface area contributed by atoms with Gasteiger partial charge in [0.2, 0.25) is 0 Å². The van der Waals surface area contributed by atoms with Gasteiger partial charge in [0.25, 0.3) is 0 Å². The molecule has 0 aromatic heterocycles. The summed E-state index contributed by atoms with van der Waals surface area (Å²) in [5.41, 5.74) is 25.7. The monoisotopic (exact) mass is 757 g/mol. The quantitative estimate of drug-likeness (QED) is 0.0397. The van der Waals surface area contributed by atoms with Crippen LogP contribution in [0.1, 0.15) is 200 Å². The summed E-state index contributed by atoms with van der Waals surface area (Å²) in [6.07, 6.45) is 36.3. The van der Waals surface area contributed by atoms with Crippen molar-refractivity contribution in [3.8, 4) is 0 Å². The third-order valence-electron chi connectivity index (χ3n) is 12.1. The Morgan fingerprint density at radius 3 is 0.893 bits per heavy atom. The molecular formula is C54H80N2. The lowest BCUT2D eigenvalue weighted by Gasteiger charge is -2.10. The largest absolute Gasteiger partial charge is 0.399 e. The summed E-state index contributed by atoms with van der Waals surface area (Å²) in [6.45, 7) is 4.55. The fraction of sp³-hybridized carbons (Fsp3) is 0.556. The Labute approximate surface area is 344 Å². The van der Waals surface area contributed by atoms with E-state index < -0.39 is 0 Å². The van der Waals surface area contributed by atoms with Crippen LogP contribution < -0.4 is 11.5 Å². The van der Waals surface area contributed by atoms with Crippen molar-refractivity contribution < 1.29 is 0 Å². The maximum atomic E-state index is 6.31. The second-order valence-corrected chi connectivity index (χ2v) is 17.1. The van der Waals surface area contributed by atoms with Gasteiger partial charge in [-0.05, 0) is 121 Å². The second-order valence-electron chi connectivity index (χ2n) is 17.1. The van der Waals surface area contributed by atoms with Gasteiger partial charge in [0.1, 0.15) is 0 Å². The van der Waals surface area contributed by atoms with E-state index in [-0.39, 0.29) is 0 Å². The zero-order valence-corrected chi connectivity index (χ0v) is 36.0. The molecule has 0 aliphatic carbocycles. The number of nitrogen functional groups attached to an aromatic ring is 2. The smallest absolute Gasteiger partial charge is 0.0346 e. The van der Waals surface area contributed by atoms with E-state index in [0.29, 0.717) is 0 Å². The first-order chi connectivity index (χ1) is 27.5. The molecule has 0 heterocycles. The van der Waals surface area contributed by atoms with Crippen molar-refractivity contribution in [1.29, 1.82) is 0 Å². The van der Waals surface area contributed by atoms with Gasteiger partial charge < -0.3 is 11.5 Å². The van der Waals surface area contributed by atoms with E-state index in [2.05, 4.69) is 98.8 Å². The Balaban J connectivity index is 0.961. The van der Waals surface area contributed by atoms with E-state index in [4.69, 9.17) is 11.5 Å². The number of hydrogen-bond donors (Lipinski definition) is 2. The zero-order chi connectivity index (χ0) is 39.5. The molecule has 0 bridgehead atoms. The molecule has 0 saturated heterocycles. The summed E-state index contributed by atoms with van der Waals surface area (Å²) in [7, 11) is 0. The van der Waals surface area contributed by atoms with Crippen LogP contribution in [0.3, 0.4) is 0 Å². The van der Waals surface area contributed by atoms with Crippen molar-refractivity contribution >= 4 is 11.4 Å². The first-order valence-corrected chi connectivity index (χ1v) is 23.4. The Bertz CT molecular complexity index is 1460. The van der Waals surface area contributed by atoms with Crippen LogP contribution in [0.4, 0.5) is 11.4 Å². The SMILES string of the molecule is CCCCCCCc1cc(Cc2ccc(CCCCCCCCCCCCCCc3ccc(Cc4ccc(N)c(CCCCCCC)c4)cc3)cc2)ccc1N. The lowest BCUT2D eigenvalue weighted by Crippen LogP contribution is -1.98. The van der Waals surface area contributed by atoms with Crippen molar-refractivity contribution in [1.82, 2.24) is 0 Å². The molecule has 0 unspecified atom stereocenters. The molecule has 0 amide bonds. The minimum absolute atomic E-state index is 0.957. The molecule has 0 spiro atoms. The molecule has 0 fully saturated rings. The van der Waals surface area contributed by atoms with Gasteiger partial charge in [0.05, 0.1) is 0 Å². The van der Waals surface area contributed by atoms with Gasteiger partial charge in [-0.15, -0.1) is 0 Å². The van der Waals surface area contributed by atoms with E-state index >= 15 is 0 Å². The molecule has 0 radical (unpaired) electrons. The third kappa shape index (κ3) is 18.6. The van der Waals surface area contributed by atoms with Crippen LogP contribution in [-0.4, -0.2) is 0 Å². The highest BCUT2D eigenvalue weighted by atomic mass is 14.6. The maximum Gasteiger partial charge on any atom is 0.0346 e. The number of aryl methyl sites for hydroxylation is 4. The molecule has 0 aliphatic heterocycles. The van der Waals surface area contributed by atoms with Crippen LogP contribution in [-0.2, 0) is 38.5 Å². The Morgan fingerprint density at radius 1 is 0.286 bits per heavy atom. The number of rotatable bonds is 31. The van der Waals surface area contributed by atoms with Crippen molar-refractivity contribution in [2.45, 2.75) is 194 Å². The van der Waals surface area contributed by atoms with Crippen LogP contribution in [0.15, 0.2) is 84.9 Å². The predicted octanol–water partition coefficient (Wildman–Crippen LogP) is 15.5. The summed E-state index contributed by atoms with van der Waals surface area (Å²) < 4.78 is 0. The van der Waals surface area contributed by atoms with Gasteiger partial charge in [-0.1, -0.05) is 202 Å². The number of anilines is 2. The number of unbranched alkanes of at least 4 members (excludes halogenated alkanes) is 19. The van der Waals surface area contributed by atoms with Gasteiger partial charge in [-0.3, -0.25) is 0 Å². The average Bonchev–Trinajstić information content (AvgIpc) is 3.21. The highest BCUT2D eigenvalue weighted by molar-refractivity contribution is 5.50. The van der Waals surface area contributed by atoms with Crippen LogP contribution in [0.25, 0.3) is 0 Å². The van der Waals surface area contributed by atoms with Crippen LogP contribution in [0.2, 0.25) is 0 Å². The van der Waals surface area contributed by atoms with Crippen molar-refractivity contribution in [2.24, 2.45) is 0 Å².